The minimum absolute atomic E-state index is 0.0963. The molecular formula is C20H23BrN4O2. The number of pyridine rings is 1. The first-order valence-corrected chi connectivity index (χ1v) is 9.91. The first kappa shape index (κ1) is 18.3. The number of rotatable bonds is 4. The number of amides is 1. The van der Waals surface area contributed by atoms with Gasteiger partial charge in [0.2, 0.25) is 5.91 Å². The third kappa shape index (κ3) is 3.80. The Hall–Kier alpha value is -2.12. The van der Waals surface area contributed by atoms with E-state index in [-0.39, 0.29) is 11.8 Å². The molecule has 2 unspecified atom stereocenters. The third-order valence-corrected chi connectivity index (χ3v) is 5.82. The van der Waals surface area contributed by atoms with Crippen LogP contribution < -0.4 is 15.0 Å². The van der Waals surface area contributed by atoms with E-state index in [2.05, 4.69) is 50.1 Å². The fourth-order valence-corrected chi connectivity index (χ4v) is 4.04. The number of hydrogen-bond acceptors (Lipinski definition) is 5. The van der Waals surface area contributed by atoms with Crippen molar-refractivity contribution in [1.29, 1.82) is 0 Å². The van der Waals surface area contributed by atoms with Gasteiger partial charge >= 0.3 is 0 Å². The summed E-state index contributed by atoms with van der Waals surface area (Å²) in [5.74, 6) is 0.918. The van der Waals surface area contributed by atoms with E-state index in [9.17, 15) is 4.79 Å². The Balaban J connectivity index is 1.41. The van der Waals surface area contributed by atoms with Gasteiger partial charge in [-0.05, 0) is 50.8 Å². The molecule has 6 nitrogen and oxygen atoms in total. The van der Waals surface area contributed by atoms with E-state index in [1.54, 1.807) is 0 Å². The lowest BCUT2D eigenvalue weighted by molar-refractivity contribution is -0.117. The van der Waals surface area contributed by atoms with Gasteiger partial charge < -0.3 is 19.9 Å². The number of benzene rings is 1. The molecule has 3 heterocycles. The molecule has 1 aromatic heterocycles. The van der Waals surface area contributed by atoms with Crippen LogP contribution in [0.4, 0.5) is 11.5 Å². The van der Waals surface area contributed by atoms with Crippen LogP contribution >= 0.6 is 15.9 Å². The molecule has 7 heteroatoms. The van der Waals surface area contributed by atoms with Crippen molar-refractivity contribution in [2.75, 3.05) is 44.0 Å². The van der Waals surface area contributed by atoms with Gasteiger partial charge in [0, 0.05) is 29.2 Å². The zero-order valence-corrected chi connectivity index (χ0v) is 17.1. The van der Waals surface area contributed by atoms with E-state index >= 15 is 0 Å². The van der Waals surface area contributed by atoms with Crippen LogP contribution in [-0.4, -0.2) is 55.6 Å². The van der Waals surface area contributed by atoms with Crippen LogP contribution in [0.15, 0.2) is 41.0 Å². The van der Waals surface area contributed by atoms with E-state index in [4.69, 9.17) is 4.74 Å². The van der Waals surface area contributed by atoms with Crippen molar-refractivity contribution < 1.29 is 9.53 Å². The maximum atomic E-state index is 12.7. The van der Waals surface area contributed by atoms with Gasteiger partial charge in [0.15, 0.2) is 0 Å². The lowest BCUT2D eigenvalue weighted by atomic mass is 10.0. The number of carbonyl (C=O) groups is 1. The maximum Gasteiger partial charge on any atom is 0.236 e. The smallest absolute Gasteiger partial charge is 0.236 e. The number of carbonyl (C=O) groups excluding carboxylic acids is 1. The minimum atomic E-state index is -0.321. The van der Waals surface area contributed by atoms with Gasteiger partial charge in [-0.25, -0.2) is 4.98 Å². The highest BCUT2D eigenvalue weighted by Crippen LogP contribution is 2.36. The van der Waals surface area contributed by atoms with Crippen LogP contribution in [0, 0.1) is 0 Å². The van der Waals surface area contributed by atoms with Crippen molar-refractivity contribution in [2.24, 2.45) is 0 Å². The molecule has 4 rings (SSSR count). The Morgan fingerprint density at radius 2 is 2.19 bits per heavy atom. The molecule has 2 aromatic rings. The Morgan fingerprint density at radius 1 is 1.33 bits per heavy atom. The summed E-state index contributed by atoms with van der Waals surface area (Å²) >= 11 is 3.45. The lowest BCUT2D eigenvalue weighted by Gasteiger charge is -2.21. The predicted octanol–water partition coefficient (Wildman–Crippen LogP) is 3.10. The number of aromatic nitrogens is 1. The first-order chi connectivity index (χ1) is 13.0. The molecule has 0 saturated carbocycles. The highest BCUT2D eigenvalue weighted by Gasteiger charge is 2.31. The second kappa shape index (κ2) is 7.48. The average molecular weight is 431 g/mol. The third-order valence-electron chi connectivity index (χ3n) is 5.33. The topological polar surface area (TPSA) is 57.7 Å². The summed E-state index contributed by atoms with van der Waals surface area (Å²) in [6.45, 7) is 2.39. The second-order valence-electron chi connectivity index (χ2n) is 7.29. The van der Waals surface area contributed by atoms with Crippen LogP contribution in [0.5, 0.6) is 5.75 Å². The summed E-state index contributed by atoms with van der Waals surface area (Å²) in [5.41, 5.74) is 2.00. The fourth-order valence-electron chi connectivity index (χ4n) is 3.66. The summed E-state index contributed by atoms with van der Waals surface area (Å²) < 4.78 is 6.57. The monoisotopic (exact) mass is 430 g/mol. The van der Waals surface area contributed by atoms with Crippen LogP contribution in [0.25, 0.3) is 0 Å². The quantitative estimate of drug-likeness (QED) is 0.807. The number of ether oxygens (including phenoxy) is 1. The number of nitrogens with one attached hydrogen (secondary N) is 1. The molecular weight excluding hydrogens is 408 g/mol. The van der Waals surface area contributed by atoms with Crippen molar-refractivity contribution in [3.8, 4) is 5.75 Å². The predicted molar refractivity (Wildman–Crippen MR) is 110 cm³/mol. The molecule has 2 aliphatic heterocycles. The normalized spacial score (nSPS) is 21.3. The number of halogens is 1. The standard InChI is InChI=1S/C20H23BrN4O2/c1-24(2)15-7-8-25(11-15)14-4-6-19(22-10-14)23-20(26)17-12-27-18-5-3-13(21)9-16(17)18/h3-6,9-10,15,17H,7-8,11-12H2,1-2H3,(H,22,23,26). The molecule has 0 radical (unpaired) electrons. The highest BCUT2D eigenvalue weighted by atomic mass is 79.9. The molecule has 1 aromatic carbocycles. The minimum Gasteiger partial charge on any atom is -0.492 e. The average Bonchev–Trinajstić information content (AvgIpc) is 3.29. The molecule has 1 N–H and O–H groups in total. The summed E-state index contributed by atoms with van der Waals surface area (Å²) in [4.78, 5) is 21.7. The number of likely N-dealkylation sites (N-methyl/N-ethyl adjacent to an activating group) is 1. The maximum absolute atomic E-state index is 12.7. The Kier molecular flexibility index (Phi) is 5.06. The SMILES string of the molecule is CN(C)C1CCN(c2ccc(NC(=O)C3COc4ccc(Br)cc43)nc2)C1. The van der Waals surface area contributed by atoms with E-state index in [0.29, 0.717) is 18.5 Å². The largest absolute Gasteiger partial charge is 0.492 e. The van der Waals surface area contributed by atoms with Crippen molar-refractivity contribution in [3.63, 3.8) is 0 Å². The molecule has 142 valence electrons. The Labute approximate surface area is 167 Å². The molecule has 0 spiro atoms. The van der Waals surface area contributed by atoms with Crippen LogP contribution in [0.2, 0.25) is 0 Å². The zero-order chi connectivity index (χ0) is 19.0. The van der Waals surface area contributed by atoms with Crippen LogP contribution in [0.1, 0.15) is 17.9 Å². The highest BCUT2D eigenvalue weighted by molar-refractivity contribution is 9.10. The van der Waals surface area contributed by atoms with Gasteiger partial charge in [-0.1, -0.05) is 15.9 Å². The second-order valence-corrected chi connectivity index (χ2v) is 8.20. The molecule has 27 heavy (non-hydrogen) atoms. The first-order valence-electron chi connectivity index (χ1n) is 9.12. The van der Waals surface area contributed by atoms with Gasteiger partial charge in [0.1, 0.15) is 24.1 Å². The van der Waals surface area contributed by atoms with Crippen LogP contribution in [0.3, 0.4) is 0 Å². The molecule has 1 saturated heterocycles. The molecule has 0 aliphatic carbocycles. The summed E-state index contributed by atoms with van der Waals surface area (Å²) in [6.07, 6.45) is 2.99. The van der Waals surface area contributed by atoms with Crippen molar-refractivity contribution in [1.82, 2.24) is 9.88 Å². The summed E-state index contributed by atoms with van der Waals surface area (Å²) in [5, 5.41) is 2.92. The molecule has 2 aliphatic rings. The number of hydrogen-bond donors (Lipinski definition) is 1. The number of fused-ring (bicyclic) bond motifs is 1. The fraction of sp³-hybridized carbons (Fsp3) is 0.400. The Morgan fingerprint density at radius 3 is 2.89 bits per heavy atom. The molecule has 2 atom stereocenters. The van der Waals surface area contributed by atoms with Gasteiger partial charge in [0.25, 0.3) is 0 Å². The van der Waals surface area contributed by atoms with Gasteiger partial charge in [-0.2, -0.15) is 0 Å². The van der Waals surface area contributed by atoms with Crippen LogP contribution in [-0.2, 0) is 4.79 Å². The van der Waals surface area contributed by atoms with Gasteiger partial charge in [-0.15, -0.1) is 0 Å². The van der Waals surface area contributed by atoms with Crippen molar-refractivity contribution in [2.45, 2.75) is 18.4 Å². The number of anilines is 2. The Bertz CT molecular complexity index is 840. The van der Waals surface area contributed by atoms with Gasteiger partial charge in [-0.3, -0.25) is 4.79 Å². The van der Waals surface area contributed by atoms with E-state index in [0.717, 1.165) is 41.0 Å². The van der Waals surface area contributed by atoms with Gasteiger partial charge in [0.05, 0.1) is 11.9 Å². The summed E-state index contributed by atoms with van der Waals surface area (Å²) in [6, 6.07) is 10.2. The zero-order valence-electron chi connectivity index (χ0n) is 15.5. The van der Waals surface area contributed by atoms with E-state index in [1.165, 1.54) is 0 Å². The molecule has 1 amide bonds. The molecule has 1 fully saturated rings. The van der Waals surface area contributed by atoms with Crippen molar-refractivity contribution >= 4 is 33.3 Å². The van der Waals surface area contributed by atoms with E-state index in [1.807, 2.05) is 36.5 Å². The number of nitrogens with zero attached hydrogens (tertiary/aromatic N) is 3. The van der Waals surface area contributed by atoms with E-state index < -0.39 is 0 Å². The lowest BCUT2D eigenvalue weighted by Crippen LogP contribution is -2.31. The summed E-state index contributed by atoms with van der Waals surface area (Å²) in [7, 11) is 4.24. The van der Waals surface area contributed by atoms with Crippen molar-refractivity contribution in [3.05, 3.63) is 46.6 Å². The molecule has 0 bridgehead atoms.